The van der Waals surface area contributed by atoms with Crippen LogP contribution in [0.1, 0.15) is 104 Å². The van der Waals surface area contributed by atoms with E-state index in [4.69, 9.17) is 90.7 Å². The highest BCUT2D eigenvalue weighted by molar-refractivity contribution is 7.55. The van der Waals surface area contributed by atoms with Crippen LogP contribution in [0.4, 0.5) is 17.1 Å². The van der Waals surface area contributed by atoms with Gasteiger partial charge < -0.3 is 34.1 Å². The van der Waals surface area contributed by atoms with Crippen molar-refractivity contribution >= 4 is 126 Å². The largest absolute Gasteiger partial charge is 0.507 e. The second-order valence-electron chi connectivity index (χ2n) is 25.5. The van der Waals surface area contributed by atoms with E-state index in [2.05, 4.69) is 25.7 Å². The van der Waals surface area contributed by atoms with Gasteiger partial charge in [0.05, 0.1) is 61.1 Å². The molecule has 0 fully saturated rings. The van der Waals surface area contributed by atoms with Crippen LogP contribution in [0.25, 0.3) is 0 Å². The molecular formula is C77H84Cl5N7O20P2. The van der Waals surface area contributed by atoms with Crippen molar-refractivity contribution in [3.63, 3.8) is 0 Å². The molecule has 592 valence electrons. The Morgan fingerprint density at radius 3 is 1.15 bits per heavy atom. The molecule has 4 atom stereocenters. The standard InChI is InChI=1S/C38H41Cl2N4O10P.C25H34ClN2O6P.C14H9Cl2NO4/c1-24(2)53-37(46)33(19-26-11-7-5-8-12-26)42-55(50,43-34(38(47)54-25(3)4)20-27-13-9-6-10-14-27)52-23-51-35-18-15-28(39)21-30(35)36(45)41-32-17-16-29(44(48)49)22-31(32)40;1-18(2)33-24(29)22(15-20-11-7-5-8-12-20)27-35(31,32-17-26)28-23(25(30)34-19(3)4)16-21-13-9-6-10-14-21;15-9-2-4-13(18)11(6-9)14(19)5-8-1-3-10(17(20)21)7-12(8)16/h5-18,21-22,24-25,33-34H,19-20,23H2,1-4H3,(H,41,45)(H2,42,43,50);5-14,18-19,22-23H,15-17H2,1-4H3,(H2,27,28,31);1-4,6-7,18H,5H2/t33-,34-;22-,23-;/m00./s1. The minimum absolute atomic E-state index is 0.0365. The fourth-order valence-electron chi connectivity index (χ4n) is 10.2. The van der Waals surface area contributed by atoms with E-state index in [1.54, 1.807) is 104 Å². The van der Waals surface area contributed by atoms with Gasteiger partial charge in [-0.05, 0) is 151 Å². The Labute approximate surface area is 667 Å². The maximum atomic E-state index is 14.9. The van der Waals surface area contributed by atoms with Gasteiger partial charge >= 0.3 is 39.2 Å². The van der Waals surface area contributed by atoms with Gasteiger partial charge in [-0.1, -0.05) is 185 Å². The fourth-order valence-corrected chi connectivity index (χ4v) is 14.6. The number of benzene rings is 8. The van der Waals surface area contributed by atoms with Crippen molar-refractivity contribution in [2.24, 2.45) is 0 Å². The van der Waals surface area contributed by atoms with Crippen LogP contribution in [0.5, 0.6) is 11.5 Å². The Morgan fingerprint density at radius 2 is 0.802 bits per heavy atom. The first kappa shape index (κ1) is 90.7. The minimum Gasteiger partial charge on any atom is -0.507 e. The molecule has 0 unspecified atom stereocenters. The van der Waals surface area contributed by atoms with Crippen LogP contribution in [0.15, 0.2) is 194 Å². The van der Waals surface area contributed by atoms with E-state index in [1.807, 2.05) is 72.8 Å². The van der Waals surface area contributed by atoms with Gasteiger partial charge in [0.2, 0.25) is 0 Å². The number of phenols is 1. The van der Waals surface area contributed by atoms with Crippen molar-refractivity contribution in [2.75, 3.05) is 18.2 Å². The molecule has 0 aromatic heterocycles. The lowest BCUT2D eigenvalue weighted by atomic mass is 10.0. The fraction of sp³-hybridized carbons (Fsp3) is 0.299. The molecule has 1 amide bonds. The Bertz CT molecular complexity index is 4420. The normalized spacial score (nSPS) is 12.4. The van der Waals surface area contributed by atoms with Crippen LogP contribution in [0.2, 0.25) is 20.1 Å². The van der Waals surface area contributed by atoms with E-state index >= 15 is 0 Å². The molecule has 8 aromatic carbocycles. The lowest BCUT2D eigenvalue weighted by Gasteiger charge is -2.29. The highest BCUT2D eigenvalue weighted by atomic mass is 35.5. The van der Waals surface area contributed by atoms with Crippen molar-refractivity contribution in [1.82, 2.24) is 20.3 Å². The third-order valence-corrected chi connectivity index (χ3v) is 20.1. The number of anilines is 1. The van der Waals surface area contributed by atoms with Crippen LogP contribution in [0.3, 0.4) is 0 Å². The number of nitro benzene ring substituents is 2. The van der Waals surface area contributed by atoms with E-state index in [0.717, 1.165) is 17.2 Å². The average molecular weight is 1670 g/mol. The smallest absolute Gasteiger partial charge is 0.345 e. The van der Waals surface area contributed by atoms with Crippen LogP contribution in [-0.4, -0.2) is 112 Å². The number of amides is 1. The predicted octanol–water partition coefficient (Wildman–Crippen LogP) is 16.6. The number of ketones is 1. The first-order valence-electron chi connectivity index (χ1n) is 34.4. The van der Waals surface area contributed by atoms with Gasteiger partial charge in [0.15, 0.2) is 12.6 Å². The SMILES string of the molecule is CC(C)OC(=O)[C@H](Cc1ccccc1)NP(=O)(N[C@@H](Cc1ccccc1)C(=O)OC(C)C)OCCl.CC(C)OC(=O)[C@H](Cc1ccccc1)NP(=O)(N[C@@H](Cc1ccccc1)C(=O)OC(C)C)OCOc1ccc(Cl)cc1C(=O)Nc1ccc([N+](=O)[O-])cc1Cl.O=C(Cc1ccc([N+](=O)[O-])cc1Cl)c1cc(Cl)ccc1O. The summed E-state index contributed by atoms with van der Waals surface area (Å²) in [6.45, 7) is 12.8. The zero-order valence-corrected chi connectivity index (χ0v) is 67.0. The van der Waals surface area contributed by atoms with Crippen molar-refractivity contribution in [3.05, 3.63) is 273 Å². The van der Waals surface area contributed by atoms with Gasteiger partial charge in [-0.2, -0.15) is 0 Å². The summed E-state index contributed by atoms with van der Waals surface area (Å²) in [6, 6.07) is 47.1. The summed E-state index contributed by atoms with van der Waals surface area (Å²) in [7, 11) is -8.52. The summed E-state index contributed by atoms with van der Waals surface area (Å²) in [5.74, 6) is -4.03. The molecule has 0 aliphatic rings. The summed E-state index contributed by atoms with van der Waals surface area (Å²) in [5, 5.41) is 45.6. The van der Waals surface area contributed by atoms with Gasteiger partial charge in [-0.3, -0.25) is 67.2 Å². The van der Waals surface area contributed by atoms with E-state index in [0.29, 0.717) is 21.7 Å². The Kier molecular flexibility index (Phi) is 36.6. The number of Topliss-reactive ketones (excluding diaryl/α,β-unsaturated/α-hetero) is 1. The number of ether oxygens (including phenoxy) is 5. The first-order chi connectivity index (χ1) is 52.6. The number of carbonyl (C=O) groups is 6. The highest BCUT2D eigenvalue weighted by Gasteiger charge is 2.40. The maximum Gasteiger partial charge on any atom is 0.345 e. The maximum absolute atomic E-state index is 14.9. The molecule has 0 spiro atoms. The number of nitrogens with one attached hydrogen (secondary N) is 5. The lowest BCUT2D eigenvalue weighted by molar-refractivity contribution is -0.385. The Morgan fingerprint density at radius 1 is 0.450 bits per heavy atom. The molecule has 0 aliphatic carbocycles. The number of hydrogen-bond donors (Lipinski definition) is 6. The summed E-state index contributed by atoms with van der Waals surface area (Å²) in [4.78, 5) is 98.8. The number of non-ortho nitro benzene ring substituents is 2. The zero-order valence-electron chi connectivity index (χ0n) is 61.4. The van der Waals surface area contributed by atoms with Crippen molar-refractivity contribution in [2.45, 2.75) is 136 Å². The number of phenolic OH excluding ortho intramolecular Hbond substituents is 1. The summed E-state index contributed by atoms with van der Waals surface area (Å²) < 4.78 is 67.6. The number of aromatic hydroxyl groups is 1. The molecule has 8 aromatic rings. The molecule has 0 saturated carbocycles. The van der Waals surface area contributed by atoms with E-state index in [1.165, 1.54) is 66.7 Å². The highest BCUT2D eigenvalue weighted by Crippen LogP contribution is 2.43. The van der Waals surface area contributed by atoms with Gasteiger partial charge in [0.1, 0.15) is 41.7 Å². The van der Waals surface area contributed by atoms with Crippen molar-refractivity contribution < 1.29 is 85.6 Å². The molecule has 8 rings (SSSR count). The minimum atomic E-state index is -4.49. The van der Waals surface area contributed by atoms with Gasteiger partial charge in [-0.15, -0.1) is 0 Å². The van der Waals surface area contributed by atoms with E-state index in [-0.39, 0.29) is 105 Å². The first-order valence-corrected chi connectivity index (χ1v) is 39.7. The third kappa shape index (κ3) is 31.2. The van der Waals surface area contributed by atoms with Crippen LogP contribution >= 0.6 is 73.3 Å². The van der Waals surface area contributed by atoms with Gasteiger partial charge in [0, 0.05) is 40.7 Å². The number of esters is 4. The molecule has 0 heterocycles. The number of alkyl halides is 1. The summed E-state index contributed by atoms with van der Waals surface area (Å²) in [6.07, 6.45) is -1.43. The molecule has 0 saturated heterocycles. The van der Waals surface area contributed by atoms with Crippen LogP contribution in [-0.2, 0) is 88.4 Å². The third-order valence-electron chi connectivity index (χ3n) is 15.1. The molecular weight excluding hydrogens is 1580 g/mol. The van der Waals surface area contributed by atoms with Crippen molar-refractivity contribution in [1.29, 1.82) is 0 Å². The second-order valence-corrected chi connectivity index (χ2v) is 31.1. The van der Waals surface area contributed by atoms with Gasteiger partial charge in [0.25, 0.3) is 17.3 Å². The van der Waals surface area contributed by atoms with E-state index in [9.17, 15) is 63.2 Å². The lowest BCUT2D eigenvalue weighted by Crippen LogP contribution is -2.47. The number of nitrogens with zero attached hydrogens (tertiary/aromatic N) is 2. The number of nitro groups is 2. The monoisotopic (exact) mass is 1660 g/mol. The van der Waals surface area contributed by atoms with Gasteiger partial charge in [-0.25, -0.2) is 20.3 Å². The molecule has 34 heteroatoms. The quantitative estimate of drug-likeness (QED) is 0.00308. The number of halogens is 5. The molecule has 111 heavy (non-hydrogen) atoms. The molecule has 6 N–H and O–H groups in total. The summed E-state index contributed by atoms with van der Waals surface area (Å²) in [5.41, 5.74) is 3.16. The number of hydrogen-bond acceptors (Lipinski definition) is 20. The molecule has 0 bridgehead atoms. The molecule has 0 aliphatic heterocycles. The zero-order chi connectivity index (χ0) is 81.5. The number of rotatable bonds is 37. The predicted molar refractivity (Wildman–Crippen MR) is 424 cm³/mol. The molecule has 27 nitrogen and oxygen atoms in total. The molecule has 0 radical (unpaired) electrons. The van der Waals surface area contributed by atoms with Crippen molar-refractivity contribution in [3.8, 4) is 11.5 Å². The Hall–Kier alpha value is -9.15. The second kappa shape index (κ2) is 44.8. The topological polar surface area (TPSA) is 368 Å². The van der Waals surface area contributed by atoms with Crippen LogP contribution < -0.4 is 30.4 Å². The Balaban J connectivity index is 0.000000291. The van der Waals surface area contributed by atoms with E-state index < -0.39 is 104 Å². The average Bonchev–Trinajstić information content (AvgIpc) is 0.836. The summed E-state index contributed by atoms with van der Waals surface area (Å²) >= 11 is 29.9. The van der Waals surface area contributed by atoms with Crippen LogP contribution in [0, 0.1) is 20.2 Å². The number of carbonyl (C=O) groups excluding carboxylic acids is 6.